The van der Waals surface area contributed by atoms with Crippen LogP contribution >= 0.6 is 0 Å². The second-order valence-corrected chi connectivity index (χ2v) is 11.2. The van der Waals surface area contributed by atoms with Crippen LogP contribution in [-0.4, -0.2) is 142 Å². The summed E-state index contributed by atoms with van der Waals surface area (Å²) >= 11 is 0. The molecule has 4 N–H and O–H groups in total. The summed E-state index contributed by atoms with van der Waals surface area (Å²) in [5, 5.41) is 34.9. The summed E-state index contributed by atoms with van der Waals surface area (Å²) in [4.78, 5) is 1.99. The third kappa shape index (κ3) is 23.7. The van der Waals surface area contributed by atoms with Crippen molar-refractivity contribution < 1.29 is 50.5 Å². The molecule has 0 aliphatic carbocycles. The number of unbranched alkanes of at least 4 members (excludes halogenated alkanes) is 1. The predicted molar refractivity (Wildman–Crippen MR) is 135 cm³/mol. The van der Waals surface area contributed by atoms with Gasteiger partial charge >= 0.3 is 0 Å². The first-order valence-electron chi connectivity index (χ1n) is 11.8. The monoisotopic (exact) mass is 554 g/mol. The molecular formula is C21H50N2O10S2. The van der Waals surface area contributed by atoms with Crippen molar-refractivity contribution >= 4 is 20.2 Å². The molecule has 0 saturated carbocycles. The Labute approximate surface area is 213 Å². The van der Waals surface area contributed by atoms with Crippen molar-refractivity contribution in [3.8, 4) is 0 Å². The molecule has 14 heteroatoms. The summed E-state index contributed by atoms with van der Waals surface area (Å²) in [5.41, 5.74) is 0. The summed E-state index contributed by atoms with van der Waals surface area (Å²) in [7, 11) is -7.21. The van der Waals surface area contributed by atoms with Crippen molar-refractivity contribution in [3.63, 3.8) is 0 Å². The molecule has 1 aliphatic rings. The number of aliphatic hydroxyl groups is 4. The molecular weight excluding hydrogens is 504 g/mol. The van der Waals surface area contributed by atoms with Crippen molar-refractivity contribution in [3.05, 3.63) is 0 Å². The second kappa shape index (κ2) is 22.8. The standard InChI is InChI=1S/C10H23NO5S.C6H15NO2.C4H8O3S.CH4/c1-2-11(6-8-12,7-9-13)5-3-4-10-17(14,15)16;1-2-7(3-5-8)4-6-9;5-8(6)4-2-1-3-7-8;/h12-13H,2-10H2,1H3;8-9H,2-6H2,1H3;1-4H2;1H4. The normalized spacial score (nSPS) is 15.3. The quantitative estimate of drug-likeness (QED) is 0.0858. The average molecular weight is 555 g/mol. The highest BCUT2D eigenvalue weighted by Gasteiger charge is 2.23. The zero-order valence-corrected chi connectivity index (χ0v) is 22.3. The van der Waals surface area contributed by atoms with Gasteiger partial charge in [-0.1, -0.05) is 14.4 Å². The van der Waals surface area contributed by atoms with Crippen LogP contribution in [0.25, 0.3) is 0 Å². The van der Waals surface area contributed by atoms with Gasteiger partial charge in [0.2, 0.25) is 0 Å². The molecule has 35 heavy (non-hydrogen) atoms. The lowest BCUT2D eigenvalue weighted by Crippen LogP contribution is -2.52. The van der Waals surface area contributed by atoms with Gasteiger partial charge in [0.05, 0.1) is 62.0 Å². The lowest BCUT2D eigenvalue weighted by atomic mass is 10.2. The summed E-state index contributed by atoms with van der Waals surface area (Å²) in [6.45, 7) is 9.52. The van der Waals surface area contributed by atoms with Gasteiger partial charge in [-0.3, -0.25) is 9.08 Å². The fourth-order valence-corrected chi connectivity index (χ4v) is 4.90. The van der Waals surface area contributed by atoms with Gasteiger partial charge in [-0.05, 0) is 39.2 Å². The molecule has 0 atom stereocenters. The summed E-state index contributed by atoms with van der Waals surface area (Å²) in [5.74, 6) is -0.137. The molecule has 0 bridgehead atoms. The summed E-state index contributed by atoms with van der Waals surface area (Å²) in [6, 6.07) is 0. The van der Waals surface area contributed by atoms with Gasteiger partial charge in [0.1, 0.15) is 13.1 Å². The highest BCUT2D eigenvalue weighted by molar-refractivity contribution is 7.86. The van der Waals surface area contributed by atoms with Crippen LogP contribution in [0, 0.1) is 0 Å². The zero-order chi connectivity index (χ0) is 26.5. The van der Waals surface area contributed by atoms with Crippen LogP contribution < -0.4 is 0 Å². The van der Waals surface area contributed by atoms with Crippen molar-refractivity contribution in [2.24, 2.45) is 0 Å². The highest BCUT2D eigenvalue weighted by Crippen LogP contribution is 2.09. The number of hydrogen-bond acceptors (Lipinski definition) is 11. The summed E-state index contributed by atoms with van der Waals surface area (Å²) in [6.07, 6.45) is 2.57. The molecule has 0 aromatic carbocycles. The van der Waals surface area contributed by atoms with Crippen molar-refractivity contribution in [1.82, 2.24) is 4.90 Å². The average Bonchev–Trinajstić information content (AvgIpc) is 2.77. The Bertz CT molecular complexity index is 652. The Balaban J connectivity index is -0.000000478. The van der Waals surface area contributed by atoms with Gasteiger partial charge < -0.3 is 29.5 Å². The van der Waals surface area contributed by atoms with Crippen LogP contribution in [0.4, 0.5) is 0 Å². The first-order valence-corrected chi connectivity index (χ1v) is 14.9. The van der Waals surface area contributed by atoms with Crippen molar-refractivity contribution in [2.45, 2.75) is 47.0 Å². The van der Waals surface area contributed by atoms with Crippen LogP contribution in [0.15, 0.2) is 0 Å². The molecule has 0 amide bonds. The minimum Gasteiger partial charge on any atom is -0.748 e. The third-order valence-corrected chi connectivity index (χ3v) is 7.53. The van der Waals surface area contributed by atoms with Crippen LogP contribution in [0.1, 0.15) is 47.0 Å². The number of likely N-dealkylation sites (N-methyl/N-ethyl adjacent to an activating group) is 2. The van der Waals surface area contributed by atoms with E-state index in [1.807, 2.05) is 18.7 Å². The first-order chi connectivity index (χ1) is 15.9. The van der Waals surface area contributed by atoms with Gasteiger partial charge in [0, 0.05) is 18.8 Å². The van der Waals surface area contributed by atoms with Gasteiger partial charge in [-0.2, -0.15) is 8.42 Å². The molecule has 12 nitrogen and oxygen atoms in total. The fraction of sp³-hybridized carbons (Fsp3) is 1.00. The van der Waals surface area contributed by atoms with E-state index in [2.05, 4.69) is 4.18 Å². The second-order valence-electron chi connectivity index (χ2n) is 7.92. The van der Waals surface area contributed by atoms with E-state index < -0.39 is 20.2 Å². The van der Waals surface area contributed by atoms with Crippen LogP contribution in [0.5, 0.6) is 0 Å². The molecule has 1 heterocycles. The Morgan fingerprint density at radius 2 is 1.46 bits per heavy atom. The maximum Gasteiger partial charge on any atom is 0.267 e. The lowest BCUT2D eigenvalue weighted by Gasteiger charge is -2.37. The maximum atomic E-state index is 10.4. The highest BCUT2D eigenvalue weighted by atomic mass is 32.2. The number of nitrogens with zero attached hydrogens (tertiary/aromatic N) is 2. The Morgan fingerprint density at radius 3 is 1.74 bits per heavy atom. The zero-order valence-electron chi connectivity index (χ0n) is 20.7. The molecule has 0 aromatic rings. The SMILES string of the molecule is C.CCN(CCO)CCO.CC[N+](CCO)(CCO)CCCCS(=O)(=O)[O-].O=S1(=O)CCCCO1. The fourth-order valence-electron chi connectivity index (χ4n) is 3.30. The van der Waals surface area contributed by atoms with E-state index in [0.717, 1.165) is 25.9 Å². The number of rotatable bonds is 15. The largest absolute Gasteiger partial charge is 0.748 e. The number of quaternary nitrogens is 1. The summed E-state index contributed by atoms with van der Waals surface area (Å²) < 4.78 is 57.2. The van der Waals surface area contributed by atoms with E-state index in [1.54, 1.807) is 0 Å². The number of aliphatic hydroxyl groups excluding tert-OH is 4. The van der Waals surface area contributed by atoms with Crippen molar-refractivity contribution in [2.75, 3.05) is 90.4 Å². The minimum absolute atomic E-state index is 0. The molecule has 1 aliphatic heterocycles. The third-order valence-electron chi connectivity index (χ3n) is 5.43. The molecule has 1 saturated heterocycles. The van der Waals surface area contributed by atoms with Crippen molar-refractivity contribution in [1.29, 1.82) is 0 Å². The van der Waals surface area contributed by atoms with Crippen LogP contribution in [-0.2, 0) is 24.4 Å². The van der Waals surface area contributed by atoms with Gasteiger partial charge in [0.15, 0.2) is 0 Å². The maximum absolute atomic E-state index is 10.4. The van der Waals surface area contributed by atoms with E-state index in [1.165, 1.54) is 0 Å². The van der Waals surface area contributed by atoms with E-state index in [0.29, 0.717) is 56.7 Å². The van der Waals surface area contributed by atoms with Crippen LogP contribution in [0.2, 0.25) is 0 Å². The number of hydrogen-bond donors (Lipinski definition) is 4. The predicted octanol–water partition coefficient (Wildman–Crippen LogP) is -0.811. The molecule has 0 unspecified atom stereocenters. The van der Waals surface area contributed by atoms with E-state index >= 15 is 0 Å². The Hall–Kier alpha value is -0.420. The van der Waals surface area contributed by atoms with Gasteiger partial charge in [-0.25, -0.2) is 8.42 Å². The molecule has 216 valence electrons. The van der Waals surface area contributed by atoms with E-state index in [4.69, 9.17) is 20.4 Å². The smallest absolute Gasteiger partial charge is 0.267 e. The molecule has 0 spiro atoms. The van der Waals surface area contributed by atoms with Gasteiger partial charge in [-0.15, -0.1) is 0 Å². The molecule has 1 fully saturated rings. The van der Waals surface area contributed by atoms with Crippen LogP contribution in [0.3, 0.4) is 0 Å². The van der Waals surface area contributed by atoms with E-state index in [-0.39, 0.29) is 45.4 Å². The Morgan fingerprint density at radius 1 is 0.914 bits per heavy atom. The molecule has 1 rings (SSSR count). The minimum atomic E-state index is -4.13. The topological polar surface area (TPSA) is 185 Å². The Kier molecular flexibility index (Phi) is 25.4. The lowest BCUT2D eigenvalue weighted by molar-refractivity contribution is -0.927. The van der Waals surface area contributed by atoms with E-state index in [9.17, 15) is 21.4 Å². The molecule has 0 aromatic heterocycles. The molecule has 0 radical (unpaired) electrons. The first kappa shape index (κ1) is 39.1. The van der Waals surface area contributed by atoms with Gasteiger partial charge in [0.25, 0.3) is 10.1 Å².